The zero-order chi connectivity index (χ0) is 24.8. The molecule has 10 heteroatoms. The van der Waals surface area contributed by atoms with E-state index in [2.05, 4.69) is 10.3 Å². The van der Waals surface area contributed by atoms with Crippen LogP contribution < -0.4 is 10.1 Å². The van der Waals surface area contributed by atoms with Crippen LogP contribution in [0.4, 0.5) is 5.13 Å². The molecule has 3 aromatic rings. The molecule has 0 saturated carbocycles. The van der Waals surface area contributed by atoms with Crippen LogP contribution in [0.1, 0.15) is 28.8 Å². The fraction of sp³-hybridized carbons (Fsp3) is 0.200. The van der Waals surface area contributed by atoms with E-state index in [0.717, 1.165) is 21.8 Å². The quantitative estimate of drug-likeness (QED) is 0.263. The second kappa shape index (κ2) is 11.8. The lowest BCUT2D eigenvalue weighted by atomic mass is 10.1. The molecular formula is C25H22ClN3O3S3. The predicted molar refractivity (Wildman–Crippen MR) is 147 cm³/mol. The van der Waals surface area contributed by atoms with Gasteiger partial charge in [0.15, 0.2) is 5.13 Å². The van der Waals surface area contributed by atoms with Crippen molar-refractivity contribution in [2.24, 2.45) is 0 Å². The number of benzene rings is 2. The summed E-state index contributed by atoms with van der Waals surface area (Å²) < 4.78 is 5.66. The lowest BCUT2D eigenvalue weighted by molar-refractivity contribution is -0.122. The van der Waals surface area contributed by atoms with Gasteiger partial charge < -0.3 is 10.1 Å². The van der Waals surface area contributed by atoms with Gasteiger partial charge in [0.2, 0.25) is 5.91 Å². The first-order chi connectivity index (χ1) is 16.9. The van der Waals surface area contributed by atoms with E-state index in [4.69, 9.17) is 28.6 Å². The average molecular weight is 544 g/mol. The number of carbonyl (C=O) groups is 2. The van der Waals surface area contributed by atoms with Gasteiger partial charge in [0.1, 0.15) is 10.1 Å². The second-order valence-electron chi connectivity index (χ2n) is 7.66. The average Bonchev–Trinajstić information content (AvgIpc) is 3.39. The van der Waals surface area contributed by atoms with E-state index >= 15 is 0 Å². The number of aromatic nitrogens is 1. The number of halogens is 1. The van der Waals surface area contributed by atoms with Gasteiger partial charge in [-0.1, -0.05) is 65.9 Å². The summed E-state index contributed by atoms with van der Waals surface area (Å²) in [7, 11) is 1.61. The minimum atomic E-state index is -0.150. The summed E-state index contributed by atoms with van der Waals surface area (Å²) in [6.45, 7) is 0.383. The summed E-state index contributed by atoms with van der Waals surface area (Å²) in [6, 6.07) is 15.1. The van der Waals surface area contributed by atoms with Crippen LogP contribution in [-0.2, 0) is 16.0 Å². The van der Waals surface area contributed by atoms with E-state index in [1.807, 2.05) is 54.6 Å². The summed E-state index contributed by atoms with van der Waals surface area (Å²) in [5, 5.41) is 4.09. The minimum Gasteiger partial charge on any atom is -0.497 e. The van der Waals surface area contributed by atoms with E-state index in [9.17, 15) is 9.59 Å². The van der Waals surface area contributed by atoms with Crippen molar-refractivity contribution in [2.75, 3.05) is 19.0 Å². The number of methoxy groups -OCH3 is 1. The van der Waals surface area contributed by atoms with Gasteiger partial charge in [-0.2, -0.15) is 0 Å². The fourth-order valence-electron chi connectivity index (χ4n) is 3.40. The van der Waals surface area contributed by atoms with Crippen LogP contribution in [0.3, 0.4) is 0 Å². The maximum absolute atomic E-state index is 12.8. The topological polar surface area (TPSA) is 71.5 Å². The third-order valence-electron chi connectivity index (χ3n) is 5.20. The van der Waals surface area contributed by atoms with Crippen molar-refractivity contribution in [2.45, 2.75) is 19.3 Å². The zero-order valence-electron chi connectivity index (χ0n) is 18.8. The molecular weight excluding hydrogens is 522 g/mol. The van der Waals surface area contributed by atoms with Crippen molar-refractivity contribution < 1.29 is 14.3 Å². The molecule has 0 spiro atoms. The van der Waals surface area contributed by atoms with Crippen LogP contribution in [0, 0.1) is 0 Å². The molecule has 1 aliphatic heterocycles. The second-order valence-corrected chi connectivity index (χ2v) is 10.9. The van der Waals surface area contributed by atoms with Crippen molar-refractivity contribution >= 4 is 74.3 Å². The molecule has 0 unspecified atom stereocenters. The Bertz CT molecular complexity index is 1270. The number of thiazole rings is 1. The molecule has 0 atom stereocenters. The highest BCUT2D eigenvalue weighted by Gasteiger charge is 2.31. The normalized spacial score (nSPS) is 14.6. The van der Waals surface area contributed by atoms with Gasteiger partial charge in [0.05, 0.1) is 12.0 Å². The number of anilines is 1. The van der Waals surface area contributed by atoms with Gasteiger partial charge in [-0.25, -0.2) is 4.98 Å². The summed E-state index contributed by atoms with van der Waals surface area (Å²) in [5.41, 5.74) is 1.91. The zero-order valence-corrected chi connectivity index (χ0v) is 22.0. The van der Waals surface area contributed by atoms with Crippen molar-refractivity contribution in [3.63, 3.8) is 0 Å². The van der Waals surface area contributed by atoms with Crippen LogP contribution in [0.5, 0.6) is 5.75 Å². The Morgan fingerprint density at radius 2 is 2.00 bits per heavy atom. The molecule has 35 heavy (non-hydrogen) atoms. The van der Waals surface area contributed by atoms with Gasteiger partial charge in [-0.3, -0.25) is 14.5 Å². The van der Waals surface area contributed by atoms with Gasteiger partial charge >= 0.3 is 0 Å². The lowest BCUT2D eigenvalue weighted by Gasteiger charge is -2.13. The van der Waals surface area contributed by atoms with Crippen LogP contribution in [0.25, 0.3) is 6.08 Å². The van der Waals surface area contributed by atoms with Crippen LogP contribution >= 0.6 is 46.9 Å². The van der Waals surface area contributed by atoms with Crippen LogP contribution in [0.15, 0.2) is 59.6 Å². The van der Waals surface area contributed by atoms with E-state index in [-0.39, 0.29) is 18.2 Å². The Kier molecular flexibility index (Phi) is 8.56. The molecule has 2 heterocycles. The lowest BCUT2D eigenvalue weighted by Crippen LogP contribution is -2.29. The highest BCUT2D eigenvalue weighted by atomic mass is 35.5. The van der Waals surface area contributed by atoms with Crippen molar-refractivity contribution in [3.8, 4) is 5.75 Å². The Hall–Kier alpha value is -2.72. The standard InChI is InChI=1S/C25H22ClN3O3S3/c1-32-18-10-8-16(9-11-18)13-21-23(31)29(25(33)35-21)12-4-7-22(30)28-24-27-15-19(34-24)14-17-5-2-3-6-20(17)26/h2-3,5-6,8-11,13,15H,4,7,12,14H2,1H3,(H,27,28,30)/b21-13-. The summed E-state index contributed by atoms with van der Waals surface area (Å²) in [6.07, 6.45) is 4.97. The molecule has 180 valence electrons. The molecule has 0 bridgehead atoms. The van der Waals surface area contributed by atoms with Crippen LogP contribution in [-0.4, -0.2) is 39.7 Å². The molecule has 2 aromatic carbocycles. The smallest absolute Gasteiger partial charge is 0.266 e. The van der Waals surface area contributed by atoms with Crippen molar-refractivity contribution in [3.05, 3.63) is 80.7 Å². The monoisotopic (exact) mass is 543 g/mol. The maximum atomic E-state index is 12.8. The first kappa shape index (κ1) is 25.4. The number of amides is 2. The Morgan fingerprint density at radius 1 is 1.23 bits per heavy atom. The number of carbonyl (C=O) groups excluding carboxylic acids is 2. The highest BCUT2D eigenvalue weighted by Crippen LogP contribution is 2.33. The number of thiocarbonyl (C=S) groups is 1. The first-order valence-corrected chi connectivity index (χ1v) is 13.2. The number of ether oxygens (including phenoxy) is 1. The van der Waals surface area contributed by atoms with Crippen molar-refractivity contribution in [1.29, 1.82) is 0 Å². The Balaban J connectivity index is 1.26. The molecule has 1 fully saturated rings. The Morgan fingerprint density at radius 3 is 2.74 bits per heavy atom. The third-order valence-corrected chi connectivity index (χ3v) is 7.85. The van der Waals surface area contributed by atoms with Gasteiger partial charge in [0, 0.05) is 35.5 Å². The SMILES string of the molecule is COc1ccc(/C=C2\SC(=S)N(CCCC(=O)Nc3ncc(Cc4ccccc4Cl)s3)C2=O)cc1. The molecule has 2 amide bonds. The minimum absolute atomic E-state index is 0.139. The molecule has 0 radical (unpaired) electrons. The number of hydrogen-bond donors (Lipinski definition) is 1. The third kappa shape index (κ3) is 6.70. The number of hydrogen-bond acceptors (Lipinski definition) is 7. The van der Waals surface area contributed by atoms with E-state index in [0.29, 0.717) is 38.8 Å². The van der Waals surface area contributed by atoms with Crippen molar-refractivity contribution in [1.82, 2.24) is 9.88 Å². The van der Waals surface area contributed by atoms with E-state index in [1.165, 1.54) is 23.1 Å². The van der Waals surface area contributed by atoms with E-state index in [1.54, 1.807) is 18.2 Å². The molecule has 1 saturated heterocycles. The highest BCUT2D eigenvalue weighted by molar-refractivity contribution is 8.26. The first-order valence-electron chi connectivity index (χ1n) is 10.8. The molecule has 0 aliphatic carbocycles. The fourth-order valence-corrected chi connectivity index (χ4v) is 5.76. The largest absolute Gasteiger partial charge is 0.497 e. The number of rotatable bonds is 9. The summed E-state index contributed by atoms with van der Waals surface area (Å²) in [5.74, 6) is 0.464. The van der Waals surface area contributed by atoms with E-state index < -0.39 is 0 Å². The number of thioether (sulfide) groups is 1. The molecule has 1 aliphatic rings. The number of nitrogens with zero attached hydrogens (tertiary/aromatic N) is 2. The Labute approximate surface area is 222 Å². The van der Waals surface area contributed by atoms with Gasteiger partial charge in [-0.05, 0) is 41.8 Å². The maximum Gasteiger partial charge on any atom is 0.266 e. The van der Waals surface area contributed by atoms with Gasteiger partial charge in [0.25, 0.3) is 5.91 Å². The van der Waals surface area contributed by atoms with Crippen LogP contribution in [0.2, 0.25) is 5.02 Å². The molecule has 1 aromatic heterocycles. The van der Waals surface area contributed by atoms with Gasteiger partial charge in [-0.15, -0.1) is 11.3 Å². The summed E-state index contributed by atoms with van der Waals surface area (Å²) in [4.78, 5) is 32.6. The predicted octanol–water partition coefficient (Wildman–Crippen LogP) is 6.02. The molecule has 1 N–H and O–H groups in total. The molecule has 6 nitrogen and oxygen atoms in total. The number of nitrogens with one attached hydrogen (secondary N) is 1. The summed E-state index contributed by atoms with van der Waals surface area (Å²) >= 11 is 14.3. The molecule has 4 rings (SSSR count).